The number of nitrogens with one attached hydrogen (secondary N) is 1. The number of hydrogen-bond donors (Lipinski definition) is 2. The van der Waals surface area contributed by atoms with Crippen LogP contribution in [0, 0.1) is 5.92 Å². The number of amides is 1. The lowest BCUT2D eigenvalue weighted by Gasteiger charge is -2.26. The van der Waals surface area contributed by atoms with Crippen LogP contribution in [0.4, 0.5) is 0 Å². The van der Waals surface area contributed by atoms with Gasteiger partial charge in [-0.05, 0) is 19.3 Å². The summed E-state index contributed by atoms with van der Waals surface area (Å²) in [6.45, 7) is 0.255. The predicted molar refractivity (Wildman–Crippen MR) is 68.1 cm³/mol. The Labute approximate surface area is 116 Å². The Balaban J connectivity index is 1.91. The van der Waals surface area contributed by atoms with Gasteiger partial charge in [-0.15, -0.1) is 0 Å². The topological polar surface area (TPSA) is 102 Å². The minimum atomic E-state index is -0.798. The quantitative estimate of drug-likeness (QED) is 0.841. The maximum absolute atomic E-state index is 12.0. The number of carbonyl (C=O) groups excluding carboxylic acids is 1. The summed E-state index contributed by atoms with van der Waals surface area (Å²) in [7, 11) is 1.52. The molecule has 0 radical (unpaired) electrons. The van der Waals surface area contributed by atoms with Crippen LogP contribution in [0.2, 0.25) is 0 Å². The molecule has 0 saturated heterocycles. The van der Waals surface area contributed by atoms with Crippen molar-refractivity contribution in [2.45, 2.75) is 38.3 Å². The van der Waals surface area contributed by atoms with E-state index in [9.17, 15) is 9.59 Å². The van der Waals surface area contributed by atoms with Crippen LogP contribution in [-0.4, -0.2) is 35.3 Å². The van der Waals surface area contributed by atoms with Gasteiger partial charge in [-0.25, -0.2) is 0 Å². The summed E-state index contributed by atoms with van der Waals surface area (Å²) >= 11 is 0. The summed E-state index contributed by atoms with van der Waals surface area (Å²) in [5.74, 6) is -1.04. The molecule has 7 nitrogen and oxygen atoms in total. The molecule has 1 aromatic heterocycles. The van der Waals surface area contributed by atoms with E-state index >= 15 is 0 Å². The van der Waals surface area contributed by atoms with Crippen LogP contribution in [0.25, 0.3) is 0 Å². The molecule has 2 rings (SSSR count). The molecule has 20 heavy (non-hydrogen) atoms. The number of carbonyl (C=O) groups is 2. The summed E-state index contributed by atoms with van der Waals surface area (Å²) in [5, 5.41) is 15.5. The fraction of sp³-hybridized carbons (Fsp3) is 0.615. The summed E-state index contributed by atoms with van der Waals surface area (Å²) < 4.78 is 9.83. The first kappa shape index (κ1) is 14.5. The van der Waals surface area contributed by atoms with Gasteiger partial charge in [-0.1, -0.05) is 11.6 Å². The summed E-state index contributed by atoms with van der Waals surface area (Å²) in [6.07, 6.45) is 2.72. The molecular formula is C13H18N2O5. The molecule has 1 aliphatic rings. The molecule has 2 unspecified atom stereocenters. The Hall–Kier alpha value is -1.89. The molecular weight excluding hydrogens is 264 g/mol. The zero-order chi connectivity index (χ0) is 14.5. The minimum absolute atomic E-state index is 0.125. The second kappa shape index (κ2) is 6.51. The van der Waals surface area contributed by atoms with E-state index in [4.69, 9.17) is 14.4 Å². The van der Waals surface area contributed by atoms with Gasteiger partial charge >= 0.3 is 5.97 Å². The molecule has 2 N–H and O–H groups in total. The van der Waals surface area contributed by atoms with Gasteiger partial charge in [0.2, 0.25) is 0 Å². The molecule has 1 heterocycles. The molecule has 0 aliphatic heterocycles. The van der Waals surface area contributed by atoms with Crippen molar-refractivity contribution in [1.29, 1.82) is 0 Å². The Morgan fingerprint density at radius 1 is 1.55 bits per heavy atom. The van der Waals surface area contributed by atoms with E-state index in [2.05, 4.69) is 10.5 Å². The van der Waals surface area contributed by atoms with Crippen LogP contribution < -0.4 is 5.32 Å². The van der Waals surface area contributed by atoms with Gasteiger partial charge in [-0.2, -0.15) is 0 Å². The smallest absolute Gasteiger partial charge is 0.306 e. The first-order valence-corrected chi connectivity index (χ1v) is 6.58. The fourth-order valence-electron chi connectivity index (χ4n) is 2.43. The van der Waals surface area contributed by atoms with Gasteiger partial charge in [0, 0.05) is 19.2 Å². The van der Waals surface area contributed by atoms with Gasteiger partial charge in [0.25, 0.3) is 5.91 Å². The van der Waals surface area contributed by atoms with Gasteiger partial charge in [0.1, 0.15) is 6.61 Å². The van der Waals surface area contributed by atoms with E-state index in [1.807, 2.05) is 0 Å². The third kappa shape index (κ3) is 3.57. The van der Waals surface area contributed by atoms with E-state index in [0.29, 0.717) is 18.6 Å². The van der Waals surface area contributed by atoms with Crippen molar-refractivity contribution in [3.05, 3.63) is 17.5 Å². The molecule has 1 aliphatic carbocycles. The van der Waals surface area contributed by atoms with Crippen molar-refractivity contribution in [2.75, 3.05) is 7.11 Å². The van der Waals surface area contributed by atoms with Crippen LogP contribution in [0.15, 0.2) is 10.6 Å². The van der Waals surface area contributed by atoms with Crippen molar-refractivity contribution >= 4 is 11.9 Å². The van der Waals surface area contributed by atoms with E-state index in [-0.39, 0.29) is 30.2 Å². The molecule has 1 saturated carbocycles. The minimum Gasteiger partial charge on any atom is -0.481 e. The number of ether oxygens (including phenoxy) is 1. The average Bonchev–Trinajstić information content (AvgIpc) is 2.88. The lowest BCUT2D eigenvalue weighted by molar-refractivity contribution is -0.143. The van der Waals surface area contributed by atoms with Gasteiger partial charge in [0.05, 0.1) is 5.92 Å². The molecule has 0 bridgehead atoms. The molecule has 1 aromatic rings. The number of hydrogen-bond acceptors (Lipinski definition) is 5. The van der Waals surface area contributed by atoms with Crippen LogP contribution in [0.3, 0.4) is 0 Å². The van der Waals surface area contributed by atoms with E-state index < -0.39 is 5.97 Å². The molecule has 1 fully saturated rings. The first-order valence-electron chi connectivity index (χ1n) is 6.58. The van der Waals surface area contributed by atoms with Crippen LogP contribution in [0.1, 0.15) is 41.9 Å². The Morgan fingerprint density at radius 3 is 3.05 bits per heavy atom. The molecule has 0 spiro atoms. The highest BCUT2D eigenvalue weighted by Gasteiger charge is 2.28. The maximum Gasteiger partial charge on any atom is 0.306 e. The van der Waals surface area contributed by atoms with Crippen molar-refractivity contribution in [3.8, 4) is 0 Å². The van der Waals surface area contributed by atoms with Gasteiger partial charge in [-0.3, -0.25) is 9.59 Å². The van der Waals surface area contributed by atoms with Crippen LogP contribution >= 0.6 is 0 Å². The fourth-order valence-corrected chi connectivity index (χ4v) is 2.43. The summed E-state index contributed by atoms with van der Waals surface area (Å²) in [6, 6.07) is 1.40. The highest BCUT2D eigenvalue weighted by molar-refractivity contribution is 5.92. The standard InChI is InChI=1S/C13H18N2O5/c1-19-7-10-6-11(15-20-10)12(16)14-9-4-2-3-8(5-9)13(17)18/h6,8-9H,2-5,7H2,1H3,(H,14,16)(H,17,18). The number of carboxylic acids is 1. The van der Waals surface area contributed by atoms with Crippen molar-refractivity contribution < 1.29 is 24.0 Å². The molecule has 2 atom stereocenters. The van der Waals surface area contributed by atoms with E-state index in [1.165, 1.54) is 13.2 Å². The number of carboxylic acid groups (broad SMARTS) is 1. The molecule has 110 valence electrons. The SMILES string of the molecule is COCc1cc(C(=O)NC2CCCC(C(=O)O)C2)no1. The van der Waals surface area contributed by atoms with E-state index in [1.54, 1.807) is 0 Å². The highest BCUT2D eigenvalue weighted by Crippen LogP contribution is 2.24. The lowest BCUT2D eigenvalue weighted by atomic mass is 9.86. The number of nitrogens with zero attached hydrogens (tertiary/aromatic N) is 1. The predicted octanol–water partition coefficient (Wildman–Crippen LogP) is 1.19. The first-order chi connectivity index (χ1) is 9.60. The van der Waals surface area contributed by atoms with Crippen LogP contribution in [0.5, 0.6) is 0 Å². The Kier molecular flexibility index (Phi) is 4.73. The van der Waals surface area contributed by atoms with Gasteiger partial charge in [0.15, 0.2) is 11.5 Å². The summed E-state index contributed by atoms with van der Waals surface area (Å²) in [5.41, 5.74) is 0.189. The number of rotatable bonds is 5. The highest BCUT2D eigenvalue weighted by atomic mass is 16.5. The number of methoxy groups -OCH3 is 1. The lowest BCUT2D eigenvalue weighted by Crippen LogP contribution is -2.40. The number of aliphatic carboxylic acids is 1. The van der Waals surface area contributed by atoms with E-state index in [0.717, 1.165) is 12.8 Å². The monoisotopic (exact) mass is 282 g/mol. The molecule has 7 heteroatoms. The second-order valence-electron chi connectivity index (χ2n) is 4.98. The second-order valence-corrected chi connectivity index (χ2v) is 4.98. The number of aromatic nitrogens is 1. The third-order valence-electron chi connectivity index (χ3n) is 3.44. The van der Waals surface area contributed by atoms with Crippen molar-refractivity contribution in [1.82, 2.24) is 10.5 Å². The average molecular weight is 282 g/mol. The zero-order valence-electron chi connectivity index (χ0n) is 11.3. The largest absolute Gasteiger partial charge is 0.481 e. The van der Waals surface area contributed by atoms with Gasteiger partial charge < -0.3 is 19.7 Å². The van der Waals surface area contributed by atoms with Crippen molar-refractivity contribution in [2.24, 2.45) is 5.92 Å². The normalized spacial score (nSPS) is 22.4. The maximum atomic E-state index is 12.0. The molecule has 1 amide bonds. The Morgan fingerprint density at radius 2 is 2.35 bits per heavy atom. The zero-order valence-corrected chi connectivity index (χ0v) is 11.3. The van der Waals surface area contributed by atoms with Crippen molar-refractivity contribution in [3.63, 3.8) is 0 Å². The third-order valence-corrected chi connectivity index (χ3v) is 3.44. The Bertz CT molecular complexity index is 485. The molecule has 0 aromatic carbocycles. The summed E-state index contributed by atoms with van der Waals surface area (Å²) in [4.78, 5) is 23.0. The van der Waals surface area contributed by atoms with Crippen LogP contribution in [-0.2, 0) is 16.1 Å².